The molecule has 0 spiro atoms. The number of hydrogen-bond donors (Lipinski definition) is 0. The number of allylic oxidation sites excluding steroid dienone is 3. The first-order valence-corrected chi connectivity index (χ1v) is 6.70. The molecular weight excluding hydrogens is 309 g/mol. The predicted molar refractivity (Wildman–Crippen MR) is 79.5 cm³/mol. The predicted octanol–water partition coefficient (Wildman–Crippen LogP) is 3.02. The molecule has 1 rings (SSSR count). The number of quaternary nitrogens is 1. The maximum absolute atomic E-state index is 5.44. The van der Waals surface area contributed by atoms with Crippen molar-refractivity contribution in [2.75, 3.05) is 27.2 Å². The Kier molecular flexibility index (Phi) is 4.25. The van der Waals surface area contributed by atoms with E-state index in [9.17, 15) is 0 Å². The Morgan fingerprint density at radius 2 is 2.19 bits per heavy atom. The highest BCUT2D eigenvalue weighted by atomic mass is 127. The standard InChI is InChI=1S/C14H21IN/c1-6-10-16(4,5)11-14(15)12(2)8-7-9-13(14)3/h1,7-9,12H,10-11H2,2-5H3/q+1. The molecule has 0 N–H and O–H groups in total. The molecule has 2 atom stereocenters. The van der Waals surface area contributed by atoms with E-state index >= 15 is 0 Å². The molecule has 1 aliphatic carbocycles. The SMILES string of the molecule is C#CC[N+](C)(C)CC1(I)C(C)=CC=CC1C. The van der Waals surface area contributed by atoms with Crippen LogP contribution in [0.15, 0.2) is 23.8 Å². The maximum Gasteiger partial charge on any atom is 0.140 e. The molecule has 0 aromatic carbocycles. The molecule has 0 fully saturated rings. The summed E-state index contributed by atoms with van der Waals surface area (Å²) >= 11 is 2.60. The summed E-state index contributed by atoms with van der Waals surface area (Å²) in [6, 6.07) is 0. The number of hydrogen-bond acceptors (Lipinski definition) is 0. The normalized spacial score (nSPS) is 29.8. The first-order chi connectivity index (χ1) is 7.32. The average molecular weight is 330 g/mol. The Labute approximate surface area is 113 Å². The van der Waals surface area contributed by atoms with E-state index in [1.54, 1.807) is 0 Å². The largest absolute Gasteiger partial charge is 0.317 e. The Morgan fingerprint density at radius 1 is 1.56 bits per heavy atom. The number of alkyl halides is 1. The van der Waals surface area contributed by atoms with E-state index in [1.807, 2.05) is 0 Å². The van der Waals surface area contributed by atoms with Crippen LogP contribution in [0.4, 0.5) is 0 Å². The van der Waals surface area contributed by atoms with Crippen molar-refractivity contribution in [2.24, 2.45) is 5.92 Å². The van der Waals surface area contributed by atoms with Crippen molar-refractivity contribution in [3.63, 3.8) is 0 Å². The molecule has 0 saturated heterocycles. The average Bonchev–Trinajstić information content (AvgIpc) is 2.14. The molecular formula is C14H21IN+. The fourth-order valence-corrected chi connectivity index (χ4v) is 3.52. The molecule has 0 bridgehead atoms. The topological polar surface area (TPSA) is 0 Å². The summed E-state index contributed by atoms with van der Waals surface area (Å²) in [6.45, 7) is 6.37. The third-order valence-electron chi connectivity index (χ3n) is 3.30. The molecule has 2 heteroatoms. The lowest BCUT2D eigenvalue weighted by atomic mass is 9.83. The van der Waals surface area contributed by atoms with Gasteiger partial charge in [-0.05, 0) is 18.8 Å². The van der Waals surface area contributed by atoms with E-state index < -0.39 is 0 Å². The molecule has 2 unspecified atom stereocenters. The number of terminal acetylenes is 1. The minimum atomic E-state index is 0.201. The molecule has 1 nitrogen and oxygen atoms in total. The molecule has 1 aliphatic rings. The van der Waals surface area contributed by atoms with Gasteiger partial charge in [0.25, 0.3) is 0 Å². The van der Waals surface area contributed by atoms with Gasteiger partial charge in [0.1, 0.15) is 6.54 Å². The Morgan fingerprint density at radius 3 is 2.69 bits per heavy atom. The summed E-state index contributed by atoms with van der Waals surface area (Å²) in [5.41, 5.74) is 1.45. The van der Waals surface area contributed by atoms with Crippen LogP contribution in [0.1, 0.15) is 13.8 Å². The molecule has 0 aliphatic heterocycles. The molecule has 0 radical (unpaired) electrons. The van der Waals surface area contributed by atoms with E-state index in [4.69, 9.17) is 6.42 Å². The fraction of sp³-hybridized carbons (Fsp3) is 0.571. The molecule has 0 heterocycles. The zero-order valence-corrected chi connectivity index (χ0v) is 12.8. The zero-order valence-electron chi connectivity index (χ0n) is 10.6. The minimum absolute atomic E-state index is 0.201. The molecule has 88 valence electrons. The second-order valence-corrected chi connectivity index (χ2v) is 7.27. The van der Waals surface area contributed by atoms with Gasteiger partial charge in [-0.15, -0.1) is 6.42 Å². The van der Waals surface area contributed by atoms with Gasteiger partial charge in [0.05, 0.1) is 24.1 Å². The van der Waals surface area contributed by atoms with Crippen LogP contribution in [-0.2, 0) is 0 Å². The Balaban J connectivity index is 2.91. The summed E-state index contributed by atoms with van der Waals surface area (Å²) in [6.07, 6.45) is 12.1. The third-order valence-corrected chi connectivity index (χ3v) is 5.48. The zero-order chi connectivity index (χ0) is 12.4. The highest BCUT2D eigenvalue weighted by Crippen LogP contribution is 2.40. The van der Waals surface area contributed by atoms with Crippen LogP contribution < -0.4 is 0 Å². The minimum Gasteiger partial charge on any atom is -0.317 e. The van der Waals surface area contributed by atoms with Gasteiger partial charge >= 0.3 is 0 Å². The maximum atomic E-state index is 5.44. The fourth-order valence-electron chi connectivity index (χ4n) is 2.21. The van der Waals surface area contributed by atoms with Crippen molar-refractivity contribution in [1.82, 2.24) is 0 Å². The van der Waals surface area contributed by atoms with E-state index in [2.05, 4.69) is 74.7 Å². The van der Waals surface area contributed by atoms with Gasteiger partial charge in [0.15, 0.2) is 0 Å². The summed E-state index contributed by atoms with van der Waals surface area (Å²) in [5, 5.41) is 0. The Bertz CT molecular complexity index is 359. The van der Waals surface area contributed by atoms with Gasteiger partial charge in [0.2, 0.25) is 0 Å². The van der Waals surface area contributed by atoms with Gasteiger partial charge in [-0.1, -0.05) is 53.3 Å². The van der Waals surface area contributed by atoms with E-state index in [0.717, 1.165) is 17.6 Å². The van der Waals surface area contributed by atoms with Crippen molar-refractivity contribution in [2.45, 2.75) is 17.3 Å². The van der Waals surface area contributed by atoms with Gasteiger partial charge < -0.3 is 4.48 Å². The Hall–Kier alpha value is -0.270. The van der Waals surface area contributed by atoms with Crippen LogP contribution >= 0.6 is 22.6 Å². The number of halogens is 1. The summed E-state index contributed by atoms with van der Waals surface area (Å²) < 4.78 is 1.08. The summed E-state index contributed by atoms with van der Waals surface area (Å²) in [4.78, 5) is 0. The second kappa shape index (κ2) is 4.93. The van der Waals surface area contributed by atoms with Crippen molar-refractivity contribution in [3.05, 3.63) is 23.8 Å². The second-order valence-electron chi connectivity index (χ2n) is 5.34. The highest BCUT2D eigenvalue weighted by molar-refractivity contribution is 14.1. The molecule has 0 aromatic heterocycles. The number of nitrogens with zero attached hydrogens (tertiary/aromatic N) is 1. The molecule has 0 aromatic rings. The highest BCUT2D eigenvalue weighted by Gasteiger charge is 2.40. The monoisotopic (exact) mass is 330 g/mol. The van der Waals surface area contributed by atoms with Crippen molar-refractivity contribution >= 4 is 22.6 Å². The summed E-state index contributed by atoms with van der Waals surface area (Å²) in [7, 11) is 4.41. The van der Waals surface area contributed by atoms with Crippen LogP contribution in [0.5, 0.6) is 0 Å². The molecule has 0 amide bonds. The number of rotatable bonds is 3. The smallest absolute Gasteiger partial charge is 0.140 e. The van der Waals surface area contributed by atoms with Gasteiger partial charge in [-0.3, -0.25) is 0 Å². The lowest BCUT2D eigenvalue weighted by Crippen LogP contribution is -2.52. The third kappa shape index (κ3) is 2.89. The van der Waals surface area contributed by atoms with Gasteiger partial charge in [0, 0.05) is 0 Å². The molecule has 0 saturated carbocycles. The van der Waals surface area contributed by atoms with E-state index in [1.165, 1.54) is 5.57 Å². The van der Waals surface area contributed by atoms with Crippen LogP contribution in [0.25, 0.3) is 0 Å². The van der Waals surface area contributed by atoms with Crippen LogP contribution in [-0.4, -0.2) is 35.1 Å². The van der Waals surface area contributed by atoms with Gasteiger partial charge in [-0.2, -0.15) is 0 Å². The summed E-state index contributed by atoms with van der Waals surface area (Å²) in [5.74, 6) is 3.34. The lowest BCUT2D eigenvalue weighted by molar-refractivity contribution is -0.884. The first-order valence-electron chi connectivity index (χ1n) is 5.62. The van der Waals surface area contributed by atoms with Crippen molar-refractivity contribution in [3.8, 4) is 12.3 Å². The van der Waals surface area contributed by atoms with E-state index in [0.29, 0.717) is 5.92 Å². The van der Waals surface area contributed by atoms with E-state index in [-0.39, 0.29) is 3.42 Å². The quantitative estimate of drug-likeness (QED) is 0.323. The van der Waals surface area contributed by atoms with Crippen molar-refractivity contribution < 1.29 is 4.48 Å². The van der Waals surface area contributed by atoms with Crippen LogP contribution in [0, 0.1) is 18.3 Å². The van der Waals surface area contributed by atoms with Crippen LogP contribution in [0.3, 0.4) is 0 Å². The van der Waals surface area contributed by atoms with Crippen molar-refractivity contribution in [1.29, 1.82) is 0 Å². The first kappa shape index (κ1) is 13.8. The molecule has 16 heavy (non-hydrogen) atoms. The lowest BCUT2D eigenvalue weighted by Gasteiger charge is -2.41. The van der Waals surface area contributed by atoms with Gasteiger partial charge in [-0.25, -0.2) is 0 Å². The van der Waals surface area contributed by atoms with Crippen LogP contribution in [0.2, 0.25) is 0 Å².